The van der Waals surface area contributed by atoms with Gasteiger partial charge in [-0.25, -0.2) is 0 Å². The molecule has 1 N–H and O–H groups in total. The van der Waals surface area contributed by atoms with Crippen LogP contribution in [0.15, 0.2) is 24.3 Å². The maximum absolute atomic E-state index is 4.15. The van der Waals surface area contributed by atoms with Crippen LogP contribution in [0.2, 0.25) is 0 Å². The number of benzene rings is 1. The second-order valence-corrected chi connectivity index (χ2v) is 6.28. The van der Waals surface area contributed by atoms with Gasteiger partial charge in [-0.05, 0) is 50.8 Å². The van der Waals surface area contributed by atoms with E-state index >= 15 is 0 Å². The summed E-state index contributed by atoms with van der Waals surface area (Å²) in [6.45, 7) is 17.4. The second-order valence-electron chi connectivity index (χ2n) is 6.28. The average molecular weight is 345 g/mol. The highest BCUT2D eigenvalue weighted by molar-refractivity contribution is 5.85. The number of hydrogen-bond acceptors (Lipinski definition) is 2. The molecule has 1 fully saturated rings. The summed E-state index contributed by atoms with van der Waals surface area (Å²) in [6, 6.07) is 5.11. The smallest absolute Gasteiger partial charge is 0.0391 e. The first-order valence-corrected chi connectivity index (χ1v) is 7.66. The van der Waals surface area contributed by atoms with Gasteiger partial charge in [0.1, 0.15) is 0 Å². The summed E-state index contributed by atoms with van der Waals surface area (Å²) in [7, 11) is 0. The summed E-state index contributed by atoms with van der Waals surface area (Å²) in [5.41, 5.74) is 6.99. The molecule has 1 aromatic carbocycles. The number of nitrogens with one attached hydrogen (secondary N) is 1. The van der Waals surface area contributed by atoms with Crippen molar-refractivity contribution in [3.8, 4) is 0 Å². The molecule has 1 atom stereocenters. The van der Waals surface area contributed by atoms with E-state index in [1.165, 1.54) is 27.8 Å². The van der Waals surface area contributed by atoms with E-state index in [2.05, 4.69) is 56.6 Å². The second kappa shape index (κ2) is 9.57. The minimum atomic E-state index is 0. The van der Waals surface area contributed by atoms with Gasteiger partial charge in [0.2, 0.25) is 0 Å². The van der Waals surface area contributed by atoms with Crippen molar-refractivity contribution in [1.29, 1.82) is 0 Å². The molecule has 2 rings (SSSR count). The Labute approximate surface area is 148 Å². The van der Waals surface area contributed by atoms with Gasteiger partial charge in [-0.2, -0.15) is 0 Å². The SMILES string of the molecule is C=C(C)C[C@@H](c1c(C)cc(C)cc1C)N1CCNCC1.Cl.Cl. The Balaban J connectivity index is 0.00000220. The molecule has 4 heteroatoms. The van der Waals surface area contributed by atoms with Gasteiger partial charge in [-0.1, -0.05) is 23.3 Å². The minimum absolute atomic E-state index is 0. The van der Waals surface area contributed by atoms with Gasteiger partial charge in [0, 0.05) is 32.2 Å². The first kappa shape index (κ1) is 21.5. The van der Waals surface area contributed by atoms with Crippen LogP contribution in [0.25, 0.3) is 0 Å². The standard InChI is InChI=1S/C18H28N2.2ClH/c1-13(2)10-17(20-8-6-19-7-9-20)18-15(4)11-14(3)12-16(18)5;;/h11-12,17,19H,1,6-10H2,2-5H3;2*1H/t17-;;/m0../s1. The molecule has 1 aliphatic rings. The molecule has 1 saturated heterocycles. The molecule has 0 unspecified atom stereocenters. The summed E-state index contributed by atoms with van der Waals surface area (Å²) in [4.78, 5) is 2.62. The lowest BCUT2D eigenvalue weighted by atomic mass is 9.89. The lowest BCUT2D eigenvalue weighted by molar-refractivity contribution is 0.171. The van der Waals surface area contributed by atoms with Crippen LogP contribution in [0, 0.1) is 20.8 Å². The van der Waals surface area contributed by atoms with Gasteiger partial charge in [-0.15, -0.1) is 31.4 Å². The maximum atomic E-state index is 4.15. The summed E-state index contributed by atoms with van der Waals surface area (Å²) < 4.78 is 0. The zero-order chi connectivity index (χ0) is 14.7. The van der Waals surface area contributed by atoms with Crippen LogP contribution >= 0.6 is 24.8 Å². The number of rotatable bonds is 4. The Morgan fingerprint density at radius 3 is 2.09 bits per heavy atom. The number of hydrogen-bond donors (Lipinski definition) is 1. The highest BCUT2D eigenvalue weighted by Crippen LogP contribution is 2.32. The van der Waals surface area contributed by atoms with Gasteiger partial charge in [-0.3, -0.25) is 4.90 Å². The minimum Gasteiger partial charge on any atom is -0.314 e. The summed E-state index contributed by atoms with van der Waals surface area (Å²) in [6.07, 6.45) is 1.06. The molecule has 0 bridgehead atoms. The topological polar surface area (TPSA) is 15.3 Å². The van der Waals surface area contributed by atoms with Crippen molar-refractivity contribution in [3.63, 3.8) is 0 Å². The highest BCUT2D eigenvalue weighted by atomic mass is 35.5. The summed E-state index contributed by atoms with van der Waals surface area (Å²) >= 11 is 0. The molecule has 0 saturated carbocycles. The van der Waals surface area contributed by atoms with Gasteiger partial charge in [0.15, 0.2) is 0 Å². The van der Waals surface area contributed by atoms with Crippen molar-refractivity contribution in [2.45, 2.75) is 40.2 Å². The molecule has 1 aromatic rings. The normalized spacial score (nSPS) is 16.4. The molecule has 1 aliphatic heterocycles. The Hall–Kier alpha value is -0.540. The molecule has 126 valence electrons. The molecule has 22 heavy (non-hydrogen) atoms. The fourth-order valence-electron chi connectivity index (χ4n) is 3.45. The van der Waals surface area contributed by atoms with E-state index in [1.807, 2.05) is 0 Å². The first-order chi connectivity index (χ1) is 9.49. The van der Waals surface area contributed by atoms with Crippen molar-refractivity contribution in [2.24, 2.45) is 0 Å². The van der Waals surface area contributed by atoms with E-state index in [9.17, 15) is 0 Å². The van der Waals surface area contributed by atoms with Crippen LogP contribution < -0.4 is 5.32 Å². The van der Waals surface area contributed by atoms with Crippen LogP contribution in [0.3, 0.4) is 0 Å². The van der Waals surface area contributed by atoms with E-state index in [0.29, 0.717) is 6.04 Å². The zero-order valence-corrected chi connectivity index (χ0v) is 15.9. The van der Waals surface area contributed by atoms with Gasteiger partial charge >= 0.3 is 0 Å². The van der Waals surface area contributed by atoms with E-state index in [4.69, 9.17) is 0 Å². The summed E-state index contributed by atoms with van der Waals surface area (Å²) in [5, 5.41) is 3.45. The Kier molecular flexibility index (Phi) is 9.33. The Morgan fingerprint density at radius 1 is 1.14 bits per heavy atom. The van der Waals surface area contributed by atoms with E-state index in [0.717, 1.165) is 32.6 Å². The molecule has 1 heterocycles. The molecular weight excluding hydrogens is 315 g/mol. The number of aryl methyl sites for hydroxylation is 3. The zero-order valence-electron chi connectivity index (χ0n) is 14.2. The summed E-state index contributed by atoms with van der Waals surface area (Å²) in [5.74, 6) is 0. The average Bonchev–Trinajstić information content (AvgIpc) is 2.37. The van der Waals surface area contributed by atoms with E-state index < -0.39 is 0 Å². The highest BCUT2D eigenvalue weighted by Gasteiger charge is 2.24. The lowest BCUT2D eigenvalue weighted by Crippen LogP contribution is -2.45. The molecule has 0 amide bonds. The van der Waals surface area contributed by atoms with Crippen molar-refractivity contribution in [3.05, 3.63) is 46.5 Å². The fourth-order valence-corrected chi connectivity index (χ4v) is 3.45. The third kappa shape index (κ3) is 5.27. The van der Waals surface area contributed by atoms with Gasteiger partial charge in [0.05, 0.1) is 0 Å². The predicted octanol–water partition coefficient (Wildman–Crippen LogP) is 4.37. The molecule has 0 radical (unpaired) electrons. The van der Waals surface area contributed by atoms with E-state index in [1.54, 1.807) is 0 Å². The van der Waals surface area contributed by atoms with Crippen LogP contribution in [0.4, 0.5) is 0 Å². The van der Waals surface area contributed by atoms with Crippen molar-refractivity contribution < 1.29 is 0 Å². The fraction of sp³-hybridized carbons (Fsp3) is 0.556. The molecular formula is C18H30Cl2N2. The lowest BCUT2D eigenvalue weighted by Gasteiger charge is -2.37. The third-order valence-electron chi connectivity index (χ3n) is 4.21. The van der Waals surface area contributed by atoms with Crippen LogP contribution in [0.5, 0.6) is 0 Å². The number of piperazine rings is 1. The van der Waals surface area contributed by atoms with Crippen molar-refractivity contribution in [1.82, 2.24) is 10.2 Å². The Bertz CT molecular complexity index is 471. The Morgan fingerprint density at radius 2 is 1.64 bits per heavy atom. The molecule has 0 spiro atoms. The quantitative estimate of drug-likeness (QED) is 0.816. The number of halogens is 2. The number of nitrogens with zero attached hydrogens (tertiary/aromatic N) is 1. The van der Waals surface area contributed by atoms with Gasteiger partial charge < -0.3 is 5.32 Å². The molecule has 0 aliphatic carbocycles. The predicted molar refractivity (Wildman–Crippen MR) is 102 cm³/mol. The molecule has 2 nitrogen and oxygen atoms in total. The van der Waals surface area contributed by atoms with E-state index in [-0.39, 0.29) is 24.8 Å². The van der Waals surface area contributed by atoms with Crippen LogP contribution in [0.1, 0.15) is 41.6 Å². The third-order valence-corrected chi connectivity index (χ3v) is 4.21. The van der Waals surface area contributed by atoms with Crippen LogP contribution in [-0.2, 0) is 0 Å². The monoisotopic (exact) mass is 344 g/mol. The van der Waals surface area contributed by atoms with Crippen molar-refractivity contribution >= 4 is 24.8 Å². The molecule has 0 aromatic heterocycles. The maximum Gasteiger partial charge on any atom is 0.0391 e. The van der Waals surface area contributed by atoms with Gasteiger partial charge in [0.25, 0.3) is 0 Å². The largest absolute Gasteiger partial charge is 0.314 e. The van der Waals surface area contributed by atoms with Crippen LogP contribution in [-0.4, -0.2) is 31.1 Å². The first-order valence-electron chi connectivity index (χ1n) is 7.66. The van der Waals surface area contributed by atoms with Crippen molar-refractivity contribution in [2.75, 3.05) is 26.2 Å².